The quantitative estimate of drug-likeness (QED) is 0.736. The van der Waals surface area contributed by atoms with Crippen LogP contribution in [0.15, 0.2) is 58.7 Å². The Morgan fingerprint density at radius 2 is 2.20 bits per heavy atom. The molecular weight excluding hydrogens is 334 g/mol. The number of amidine groups is 1. The lowest BCUT2D eigenvalue weighted by atomic mass is 10.1. The molecule has 0 unspecified atom stereocenters. The maximum atomic E-state index is 12.2. The highest BCUT2D eigenvalue weighted by Gasteiger charge is 2.24. The number of carbonyl (C=O) groups excluding carboxylic acids is 1. The van der Waals surface area contributed by atoms with Crippen molar-refractivity contribution in [2.24, 2.45) is 4.99 Å². The molecule has 25 heavy (non-hydrogen) atoms. The molecule has 3 heterocycles. The Balaban J connectivity index is 1.62. The summed E-state index contributed by atoms with van der Waals surface area (Å²) in [7, 11) is 0. The summed E-state index contributed by atoms with van der Waals surface area (Å²) in [5.41, 5.74) is 1.89. The summed E-state index contributed by atoms with van der Waals surface area (Å²) in [6, 6.07) is 11.7. The molecule has 7 heteroatoms. The van der Waals surface area contributed by atoms with Gasteiger partial charge >= 0.3 is 0 Å². The summed E-state index contributed by atoms with van der Waals surface area (Å²) in [5.74, 6) is 0.584. The minimum atomic E-state index is -0.141. The number of amides is 1. The highest BCUT2D eigenvalue weighted by molar-refractivity contribution is 8.18. The van der Waals surface area contributed by atoms with Crippen LogP contribution in [0.5, 0.6) is 0 Å². The van der Waals surface area contributed by atoms with Crippen LogP contribution < -0.4 is 5.32 Å². The maximum absolute atomic E-state index is 12.2. The molecule has 2 aromatic heterocycles. The first-order valence-electron chi connectivity index (χ1n) is 7.89. The van der Waals surface area contributed by atoms with Crippen LogP contribution in [0.1, 0.15) is 12.5 Å². The Labute approximate surface area is 148 Å². The van der Waals surface area contributed by atoms with Crippen molar-refractivity contribution in [1.82, 2.24) is 20.1 Å². The summed E-state index contributed by atoms with van der Waals surface area (Å²) >= 11 is 1.33. The van der Waals surface area contributed by atoms with Crippen LogP contribution in [0.2, 0.25) is 0 Å². The third-order valence-electron chi connectivity index (χ3n) is 3.79. The summed E-state index contributed by atoms with van der Waals surface area (Å²) in [5, 5.41) is 8.59. The van der Waals surface area contributed by atoms with Gasteiger partial charge in [-0.25, -0.2) is 9.67 Å². The fourth-order valence-corrected chi connectivity index (χ4v) is 3.41. The first kappa shape index (κ1) is 15.6. The minimum Gasteiger partial charge on any atom is -0.300 e. The number of aryl methyl sites for hydroxylation is 1. The number of rotatable bonds is 3. The zero-order chi connectivity index (χ0) is 17.2. The Hall–Kier alpha value is -2.93. The van der Waals surface area contributed by atoms with Gasteiger partial charge in [-0.05, 0) is 48.5 Å². The van der Waals surface area contributed by atoms with E-state index in [1.807, 2.05) is 49.4 Å². The number of nitrogens with one attached hydrogen (secondary N) is 1. The van der Waals surface area contributed by atoms with Gasteiger partial charge in [0.25, 0.3) is 5.91 Å². The first-order valence-corrected chi connectivity index (χ1v) is 8.71. The van der Waals surface area contributed by atoms with Crippen molar-refractivity contribution in [3.8, 4) is 0 Å². The molecule has 1 aromatic carbocycles. The van der Waals surface area contributed by atoms with Crippen molar-refractivity contribution in [1.29, 1.82) is 0 Å². The lowest BCUT2D eigenvalue weighted by molar-refractivity contribution is -0.115. The molecule has 1 fully saturated rings. The number of thioether (sulfide) groups is 1. The largest absolute Gasteiger partial charge is 0.300 e. The molecule has 1 saturated heterocycles. The summed E-state index contributed by atoms with van der Waals surface area (Å²) in [4.78, 5) is 21.6. The molecule has 0 atom stereocenters. The second kappa shape index (κ2) is 6.52. The van der Waals surface area contributed by atoms with Gasteiger partial charge < -0.3 is 5.32 Å². The van der Waals surface area contributed by atoms with E-state index in [1.165, 1.54) is 11.8 Å². The van der Waals surface area contributed by atoms with Crippen molar-refractivity contribution in [3.63, 3.8) is 0 Å². The number of nitrogens with zero attached hydrogens (tertiary/aromatic N) is 4. The molecule has 1 amide bonds. The van der Waals surface area contributed by atoms with E-state index in [2.05, 4.69) is 20.4 Å². The predicted octanol–water partition coefficient (Wildman–Crippen LogP) is 3.34. The van der Waals surface area contributed by atoms with Gasteiger partial charge in [0.2, 0.25) is 0 Å². The number of carbonyl (C=O) groups is 1. The second-order valence-corrected chi connectivity index (χ2v) is 6.47. The second-order valence-electron chi connectivity index (χ2n) is 5.44. The van der Waals surface area contributed by atoms with E-state index < -0.39 is 0 Å². The number of aliphatic imine (C=N–C) groups is 1. The van der Waals surface area contributed by atoms with Crippen LogP contribution in [0, 0.1) is 0 Å². The molecule has 6 nitrogen and oxygen atoms in total. The average Bonchev–Trinajstić information content (AvgIpc) is 3.21. The zero-order valence-corrected chi connectivity index (χ0v) is 14.3. The van der Waals surface area contributed by atoms with Crippen LogP contribution in [-0.4, -0.2) is 25.8 Å². The van der Waals surface area contributed by atoms with E-state index in [4.69, 9.17) is 0 Å². The molecule has 0 saturated carbocycles. The topological polar surface area (TPSA) is 72.2 Å². The van der Waals surface area contributed by atoms with Gasteiger partial charge in [-0.15, -0.1) is 0 Å². The van der Waals surface area contributed by atoms with Gasteiger partial charge in [0, 0.05) is 24.2 Å². The van der Waals surface area contributed by atoms with Gasteiger partial charge in [-0.2, -0.15) is 5.10 Å². The van der Waals surface area contributed by atoms with Gasteiger partial charge in [-0.3, -0.25) is 9.78 Å². The number of aromatic nitrogens is 3. The molecule has 4 rings (SSSR count). The third kappa shape index (κ3) is 3.18. The molecule has 0 aliphatic carbocycles. The van der Waals surface area contributed by atoms with E-state index >= 15 is 0 Å². The van der Waals surface area contributed by atoms with Gasteiger partial charge in [0.1, 0.15) is 0 Å². The van der Waals surface area contributed by atoms with E-state index in [0.717, 1.165) is 28.8 Å². The predicted molar refractivity (Wildman–Crippen MR) is 100 cm³/mol. The molecule has 0 spiro atoms. The number of hydrogen-bond donors (Lipinski definition) is 1. The van der Waals surface area contributed by atoms with E-state index in [1.54, 1.807) is 17.1 Å². The molecule has 1 N–H and O–H groups in total. The fraction of sp³-hybridized carbons (Fsp3) is 0.111. The van der Waals surface area contributed by atoms with Gasteiger partial charge in [0.05, 0.1) is 16.6 Å². The zero-order valence-electron chi connectivity index (χ0n) is 13.5. The van der Waals surface area contributed by atoms with Crippen LogP contribution >= 0.6 is 11.8 Å². The summed E-state index contributed by atoms with van der Waals surface area (Å²) in [6.45, 7) is 2.72. The van der Waals surface area contributed by atoms with E-state index in [9.17, 15) is 4.79 Å². The number of pyridine rings is 1. The van der Waals surface area contributed by atoms with Crippen molar-refractivity contribution >= 4 is 45.6 Å². The van der Waals surface area contributed by atoms with Crippen LogP contribution in [0.3, 0.4) is 0 Å². The molecular formula is C18H15N5OS. The summed E-state index contributed by atoms with van der Waals surface area (Å²) < 4.78 is 1.78. The monoisotopic (exact) mass is 349 g/mol. The normalized spacial score (nSPS) is 17.6. The van der Waals surface area contributed by atoms with Crippen molar-refractivity contribution in [2.75, 3.05) is 0 Å². The Bertz CT molecular complexity index is 1020. The maximum Gasteiger partial charge on any atom is 0.264 e. The molecule has 3 aromatic rings. The minimum absolute atomic E-state index is 0.141. The van der Waals surface area contributed by atoms with Gasteiger partial charge in [-0.1, -0.05) is 12.1 Å². The number of fused-ring (bicyclic) bond motifs is 1. The molecule has 124 valence electrons. The molecule has 1 aliphatic heterocycles. The lowest BCUT2D eigenvalue weighted by Gasteiger charge is -1.99. The van der Waals surface area contributed by atoms with Gasteiger partial charge in [0.15, 0.2) is 11.0 Å². The van der Waals surface area contributed by atoms with Crippen LogP contribution in [0.4, 0.5) is 5.82 Å². The van der Waals surface area contributed by atoms with Crippen LogP contribution in [0.25, 0.3) is 17.0 Å². The van der Waals surface area contributed by atoms with E-state index in [0.29, 0.717) is 10.1 Å². The molecule has 0 radical (unpaired) electrons. The summed E-state index contributed by atoms with van der Waals surface area (Å²) in [6.07, 6.45) is 5.33. The van der Waals surface area contributed by atoms with Crippen molar-refractivity contribution in [2.45, 2.75) is 13.5 Å². The Morgan fingerprint density at radius 3 is 3.08 bits per heavy atom. The SMILES string of the molecule is CCn1nccc1/N=C1\NC(=O)/C(=C\c2ccc3ncccc3c2)S1. The average molecular weight is 349 g/mol. The third-order valence-corrected chi connectivity index (χ3v) is 4.70. The standard InChI is InChI=1S/C18H15N5OS/c1-2-23-16(7-9-20-23)21-18-22-17(24)15(25-18)11-12-5-6-14-13(10-12)4-3-8-19-14/h3-11H,2H2,1H3,(H,21,22,24)/b15-11+. The van der Waals surface area contributed by atoms with Crippen LogP contribution in [-0.2, 0) is 11.3 Å². The lowest BCUT2D eigenvalue weighted by Crippen LogP contribution is -2.19. The number of benzene rings is 1. The van der Waals surface area contributed by atoms with E-state index in [-0.39, 0.29) is 5.91 Å². The smallest absolute Gasteiger partial charge is 0.264 e. The number of hydrogen-bond acceptors (Lipinski definition) is 5. The fourth-order valence-electron chi connectivity index (χ4n) is 2.58. The van der Waals surface area contributed by atoms with Crippen molar-refractivity contribution < 1.29 is 4.79 Å². The Kier molecular flexibility index (Phi) is 4.07. The first-order chi connectivity index (χ1) is 12.2. The highest BCUT2D eigenvalue weighted by Crippen LogP contribution is 2.28. The van der Waals surface area contributed by atoms with Crippen molar-refractivity contribution in [3.05, 3.63) is 59.3 Å². The Morgan fingerprint density at radius 1 is 1.28 bits per heavy atom. The highest BCUT2D eigenvalue weighted by atomic mass is 32.2. The molecule has 1 aliphatic rings. The molecule has 0 bridgehead atoms.